The molecule has 1 aliphatic carbocycles. The van der Waals surface area contributed by atoms with E-state index in [4.69, 9.17) is 11.6 Å². The van der Waals surface area contributed by atoms with Crippen molar-refractivity contribution in [3.63, 3.8) is 0 Å². The van der Waals surface area contributed by atoms with Crippen LogP contribution < -0.4 is 5.32 Å². The Balaban J connectivity index is 0.00000110. The molecule has 1 atom stereocenters. The summed E-state index contributed by atoms with van der Waals surface area (Å²) in [5, 5.41) is 4.36. The first-order valence-corrected chi connectivity index (χ1v) is 7.84. The van der Waals surface area contributed by atoms with Crippen LogP contribution in [0.2, 0.25) is 5.02 Å². The Labute approximate surface area is 145 Å². The maximum atomic E-state index is 6.33. The fourth-order valence-electron chi connectivity index (χ4n) is 3.29. The second-order valence-electron chi connectivity index (χ2n) is 5.93. The summed E-state index contributed by atoms with van der Waals surface area (Å²) in [7, 11) is 0. The molecule has 2 nitrogen and oxygen atoms in total. The molecule has 1 heterocycles. The van der Waals surface area contributed by atoms with E-state index < -0.39 is 0 Å². The van der Waals surface area contributed by atoms with Crippen LogP contribution in [0.4, 0.5) is 0 Å². The number of benzene rings is 1. The third kappa shape index (κ3) is 4.27. The molecule has 5 heteroatoms. The molecule has 3 rings (SSSR count). The van der Waals surface area contributed by atoms with Gasteiger partial charge in [-0.25, -0.2) is 0 Å². The van der Waals surface area contributed by atoms with Crippen LogP contribution in [-0.2, 0) is 0 Å². The zero-order chi connectivity index (χ0) is 13.2. The van der Waals surface area contributed by atoms with Crippen molar-refractivity contribution in [2.75, 3.05) is 26.2 Å². The quantitative estimate of drug-likeness (QED) is 0.876. The molecule has 120 valence electrons. The molecule has 0 aromatic heterocycles. The average Bonchev–Trinajstić information content (AvgIpc) is 2.38. The molecular formula is C16H25Cl3N2. The van der Waals surface area contributed by atoms with E-state index >= 15 is 0 Å². The minimum Gasteiger partial charge on any atom is -0.314 e. The minimum absolute atomic E-state index is 0. The molecule has 21 heavy (non-hydrogen) atoms. The molecule has 0 spiro atoms. The van der Waals surface area contributed by atoms with Gasteiger partial charge in [0.1, 0.15) is 0 Å². The summed E-state index contributed by atoms with van der Waals surface area (Å²) >= 11 is 6.33. The van der Waals surface area contributed by atoms with Gasteiger partial charge in [-0.1, -0.05) is 30.2 Å². The molecule has 0 amide bonds. The number of nitrogens with one attached hydrogen (secondary N) is 1. The Bertz CT molecular complexity index is 443. The van der Waals surface area contributed by atoms with Crippen LogP contribution in [0.25, 0.3) is 0 Å². The Morgan fingerprint density at radius 2 is 1.86 bits per heavy atom. The number of aryl methyl sites for hydroxylation is 1. The topological polar surface area (TPSA) is 15.3 Å². The normalized spacial score (nSPS) is 20.9. The maximum Gasteiger partial charge on any atom is 0.0438 e. The molecule has 1 N–H and O–H groups in total. The van der Waals surface area contributed by atoms with E-state index in [2.05, 4.69) is 35.3 Å². The van der Waals surface area contributed by atoms with Crippen LogP contribution in [0.5, 0.6) is 0 Å². The highest BCUT2D eigenvalue weighted by atomic mass is 35.5. The number of halogens is 3. The standard InChI is InChI=1S/C16H23ClN2.2ClH/c1-12-5-6-14(11-15(12)17)16(13-3-2-4-13)19-9-7-18-8-10-19;;/h5-6,11,13,16,18H,2-4,7-10H2,1H3;2*1H/t16-;;/m0../s1. The van der Waals surface area contributed by atoms with Gasteiger partial charge < -0.3 is 5.32 Å². The van der Waals surface area contributed by atoms with Gasteiger partial charge >= 0.3 is 0 Å². The van der Waals surface area contributed by atoms with Crippen molar-refractivity contribution in [3.8, 4) is 0 Å². The van der Waals surface area contributed by atoms with Crippen molar-refractivity contribution < 1.29 is 0 Å². The molecule has 0 bridgehead atoms. The number of piperazine rings is 1. The summed E-state index contributed by atoms with van der Waals surface area (Å²) in [6.45, 7) is 6.63. The van der Waals surface area contributed by atoms with E-state index in [9.17, 15) is 0 Å². The van der Waals surface area contributed by atoms with Crippen LogP contribution in [0.3, 0.4) is 0 Å². The molecule has 1 aromatic rings. The van der Waals surface area contributed by atoms with Crippen molar-refractivity contribution in [1.82, 2.24) is 10.2 Å². The Morgan fingerprint density at radius 3 is 2.38 bits per heavy atom. The Hall–Kier alpha value is 0.01000. The predicted octanol–water partition coefficient (Wildman–Crippen LogP) is 4.24. The number of hydrogen-bond donors (Lipinski definition) is 1. The van der Waals surface area contributed by atoms with Gasteiger partial charge in [-0.15, -0.1) is 24.8 Å². The first kappa shape index (κ1) is 19.1. The van der Waals surface area contributed by atoms with Crippen molar-refractivity contribution in [2.45, 2.75) is 32.2 Å². The summed E-state index contributed by atoms with van der Waals surface area (Å²) in [5.41, 5.74) is 2.60. The molecule has 0 radical (unpaired) electrons. The lowest BCUT2D eigenvalue weighted by atomic mass is 9.76. The van der Waals surface area contributed by atoms with Gasteiger partial charge in [0.15, 0.2) is 0 Å². The van der Waals surface area contributed by atoms with Crippen LogP contribution in [0.1, 0.15) is 36.4 Å². The number of nitrogens with zero attached hydrogens (tertiary/aromatic N) is 1. The van der Waals surface area contributed by atoms with E-state index in [0.29, 0.717) is 6.04 Å². The van der Waals surface area contributed by atoms with E-state index in [1.54, 1.807) is 0 Å². The van der Waals surface area contributed by atoms with Crippen LogP contribution in [-0.4, -0.2) is 31.1 Å². The van der Waals surface area contributed by atoms with Crippen molar-refractivity contribution in [2.24, 2.45) is 5.92 Å². The first-order valence-electron chi connectivity index (χ1n) is 7.46. The SMILES string of the molecule is Cc1ccc([C@H](C2CCC2)N2CCNCC2)cc1Cl.Cl.Cl. The minimum atomic E-state index is 0. The van der Waals surface area contributed by atoms with Gasteiger partial charge in [-0.2, -0.15) is 0 Å². The lowest BCUT2D eigenvalue weighted by Crippen LogP contribution is -2.47. The van der Waals surface area contributed by atoms with Crippen molar-refractivity contribution in [3.05, 3.63) is 34.3 Å². The van der Waals surface area contributed by atoms with Crippen LogP contribution in [0, 0.1) is 12.8 Å². The summed E-state index contributed by atoms with van der Waals surface area (Å²) in [6, 6.07) is 7.23. The van der Waals surface area contributed by atoms with E-state index in [-0.39, 0.29) is 24.8 Å². The zero-order valence-corrected chi connectivity index (χ0v) is 14.9. The Morgan fingerprint density at radius 1 is 1.19 bits per heavy atom. The largest absolute Gasteiger partial charge is 0.314 e. The molecule has 0 unspecified atom stereocenters. The predicted molar refractivity (Wildman–Crippen MR) is 95.2 cm³/mol. The fourth-order valence-corrected chi connectivity index (χ4v) is 3.48. The van der Waals surface area contributed by atoms with Gasteiger partial charge in [-0.3, -0.25) is 4.90 Å². The van der Waals surface area contributed by atoms with Gasteiger partial charge in [0.25, 0.3) is 0 Å². The zero-order valence-electron chi connectivity index (χ0n) is 12.5. The van der Waals surface area contributed by atoms with E-state index in [1.807, 2.05) is 0 Å². The molecule has 2 aliphatic rings. The summed E-state index contributed by atoms with van der Waals surface area (Å²) in [4.78, 5) is 2.65. The highest BCUT2D eigenvalue weighted by Crippen LogP contribution is 2.42. The fraction of sp³-hybridized carbons (Fsp3) is 0.625. The third-order valence-electron chi connectivity index (χ3n) is 4.68. The molecule has 1 aromatic carbocycles. The summed E-state index contributed by atoms with van der Waals surface area (Å²) in [6.07, 6.45) is 4.15. The third-order valence-corrected chi connectivity index (χ3v) is 5.09. The number of rotatable bonds is 3. The molecule has 1 saturated heterocycles. The Kier molecular flexibility index (Phi) is 7.80. The monoisotopic (exact) mass is 350 g/mol. The number of hydrogen-bond acceptors (Lipinski definition) is 2. The van der Waals surface area contributed by atoms with E-state index in [0.717, 1.165) is 37.1 Å². The lowest BCUT2D eigenvalue weighted by Gasteiger charge is -2.43. The maximum absolute atomic E-state index is 6.33. The molecule has 1 aliphatic heterocycles. The molecular weight excluding hydrogens is 327 g/mol. The first-order chi connectivity index (χ1) is 9.25. The summed E-state index contributed by atoms with van der Waals surface area (Å²) in [5.74, 6) is 0.830. The van der Waals surface area contributed by atoms with Crippen LogP contribution in [0.15, 0.2) is 18.2 Å². The smallest absolute Gasteiger partial charge is 0.0438 e. The van der Waals surface area contributed by atoms with Gasteiger partial charge in [0, 0.05) is 37.2 Å². The van der Waals surface area contributed by atoms with E-state index in [1.165, 1.54) is 30.4 Å². The van der Waals surface area contributed by atoms with Gasteiger partial charge in [0.2, 0.25) is 0 Å². The molecule has 2 fully saturated rings. The van der Waals surface area contributed by atoms with Gasteiger partial charge in [-0.05, 0) is 42.9 Å². The second-order valence-corrected chi connectivity index (χ2v) is 6.34. The van der Waals surface area contributed by atoms with Crippen molar-refractivity contribution in [1.29, 1.82) is 0 Å². The second kappa shape index (κ2) is 8.59. The van der Waals surface area contributed by atoms with Gasteiger partial charge in [0.05, 0.1) is 0 Å². The molecule has 1 saturated carbocycles. The highest BCUT2D eigenvalue weighted by Gasteiger charge is 2.33. The van der Waals surface area contributed by atoms with Crippen molar-refractivity contribution >= 4 is 36.4 Å². The van der Waals surface area contributed by atoms with Crippen LogP contribution >= 0.6 is 36.4 Å². The summed E-state index contributed by atoms with van der Waals surface area (Å²) < 4.78 is 0. The lowest BCUT2D eigenvalue weighted by molar-refractivity contribution is 0.0837. The highest BCUT2D eigenvalue weighted by molar-refractivity contribution is 6.31. The average molecular weight is 352 g/mol.